The standard InChI is InChI=1S/C26H26N4O/c1-2-21-10-12-22(13-11-21)18-29(19-23-7-6-14-27-16-23)26(31)15-24-17-28-30(20-24)25-8-4-3-5-9-25/h3-14,16-17,20H,2,15,18-19H2,1H3. The van der Waals surface area contributed by atoms with Gasteiger partial charge in [-0.15, -0.1) is 0 Å². The molecular formula is C26H26N4O. The molecule has 4 rings (SSSR count). The Kier molecular flexibility index (Phi) is 6.53. The molecule has 0 atom stereocenters. The lowest BCUT2D eigenvalue weighted by atomic mass is 10.1. The molecule has 0 bridgehead atoms. The van der Waals surface area contributed by atoms with Gasteiger partial charge in [-0.2, -0.15) is 5.10 Å². The lowest BCUT2D eigenvalue weighted by Crippen LogP contribution is -2.31. The highest BCUT2D eigenvalue weighted by molar-refractivity contribution is 5.78. The van der Waals surface area contributed by atoms with Crippen LogP contribution in [-0.4, -0.2) is 25.6 Å². The second-order valence-electron chi connectivity index (χ2n) is 7.59. The molecule has 0 aliphatic carbocycles. The Bertz CT molecular complexity index is 1110. The van der Waals surface area contributed by atoms with Crippen LogP contribution in [0.2, 0.25) is 0 Å². The molecule has 2 aromatic carbocycles. The third-order valence-corrected chi connectivity index (χ3v) is 5.27. The fraction of sp³-hybridized carbons (Fsp3) is 0.192. The smallest absolute Gasteiger partial charge is 0.227 e. The molecule has 5 nitrogen and oxygen atoms in total. The van der Waals surface area contributed by atoms with Gasteiger partial charge in [0.05, 0.1) is 18.3 Å². The maximum absolute atomic E-state index is 13.3. The number of aryl methyl sites for hydroxylation is 1. The van der Waals surface area contributed by atoms with Crippen LogP contribution in [0, 0.1) is 0 Å². The molecule has 0 saturated carbocycles. The predicted molar refractivity (Wildman–Crippen MR) is 122 cm³/mol. The van der Waals surface area contributed by atoms with Gasteiger partial charge < -0.3 is 4.90 Å². The van der Waals surface area contributed by atoms with Crippen LogP contribution >= 0.6 is 0 Å². The van der Waals surface area contributed by atoms with Crippen molar-refractivity contribution in [1.82, 2.24) is 19.7 Å². The van der Waals surface area contributed by atoms with Crippen molar-refractivity contribution in [3.05, 3.63) is 114 Å². The number of pyridine rings is 1. The number of rotatable bonds is 8. The summed E-state index contributed by atoms with van der Waals surface area (Å²) in [7, 11) is 0. The van der Waals surface area contributed by atoms with Crippen molar-refractivity contribution in [2.24, 2.45) is 0 Å². The minimum atomic E-state index is 0.0658. The summed E-state index contributed by atoms with van der Waals surface area (Å²) < 4.78 is 1.80. The third kappa shape index (κ3) is 5.45. The molecule has 1 amide bonds. The van der Waals surface area contributed by atoms with Crippen LogP contribution < -0.4 is 0 Å². The van der Waals surface area contributed by atoms with Gasteiger partial charge in [0.25, 0.3) is 0 Å². The molecule has 4 aromatic rings. The van der Waals surface area contributed by atoms with E-state index in [-0.39, 0.29) is 5.91 Å². The summed E-state index contributed by atoms with van der Waals surface area (Å²) in [5, 5.41) is 4.42. The SMILES string of the molecule is CCc1ccc(CN(Cc2cccnc2)C(=O)Cc2cnn(-c3ccccc3)c2)cc1. The maximum Gasteiger partial charge on any atom is 0.227 e. The van der Waals surface area contributed by atoms with E-state index in [2.05, 4.69) is 41.3 Å². The van der Waals surface area contributed by atoms with Crippen LogP contribution in [0.3, 0.4) is 0 Å². The van der Waals surface area contributed by atoms with Gasteiger partial charge in [0.2, 0.25) is 5.91 Å². The quantitative estimate of drug-likeness (QED) is 0.427. The van der Waals surface area contributed by atoms with Crippen molar-refractivity contribution >= 4 is 5.91 Å². The van der Waals surface area contributed by atoms with E-state index in [1.165, 1.54) is 5.56 Å². The highest BCUT2D eigenvalue weighted by Gasteiger charge is 2.17. The normalized spacial score (nSPS) is 10.7. The molecule has 0 N–H and O–H groups in total. The van der Waals surface area contributed by atoms with E-state index >= 15 is 0 Å². The van der Waals surface area contributed by atoms with E-state index in [1.54, 1.807) is 17.1 Å². The van der Waals surface area contributed by atoms with Gasteiger partial charge in [0.15, 0.2) is 0 Å². The lowest BCUT2D eigenvalue weighted by Gasteiger charge is -2.23. The van der Waals surface area contributed by atoms with E-state index in [4.69, 9.17) is 0 Å². The average molecular weight is 411 g/mol. The Morgan fingerprint density at radius 3 is 2.29 bits per heavy atom. The van der Waals surface area contributed by atoms with Gasteiger partial charge in [-0.05, 0) is 46.9 Å². The Hall–Kier alpha value is -3.73. The Balaban J connectivity index is 1.51. The summed E-state index contributed by atoms with van der Waals surface area (Å²) in [5.41, 5.74) is 5.30. The summed E-state index contributed by atoms with van der Waals surface area (Å²) in [6.07, 6.45) is 8.56. The predicted octanol–water partition coefficient (Wildman–Crippen LogP) is 4.60. The second-order valence-corrected chi connectivity index (χ2v) is 7.59. The van der Waals surface area contributed by atoms with Crippen molar-refractivity contribution in [2.45, 2.75) is 32.9 Å². The van der Waals surface area contributed by atoms with Gasteiger partial charge in [-0.1, -0.05) is 55.5 Å². The number of nitrogens with zero attached hydrogens (tertiary/aromatic N) is 4. The van der Waals surface area contributed by atoms with E-state index in [0.29, 0.717) is 19.5 Å². The van der Waals surface area contributed by atoms with E-state index in [0.717, 1.165) is 28.8 Å². The summed E-state index contributed by atoms with van der Waals surface area (Å²) in [4.78, 5) is 19.3. The number of carbonyl (C=O) groups is 1. The largest absolute Gasteiger partial charge is 0.334 e. The Labute approximate surface area is 183 Å². The first-order chi connectivity index (χ1) is 15.2. The highest BCUT2D eigenvalue weighted by atomic mass is 16.2. The molecule has 5 heteroatoms. The summed E-state index contributed by atoms with van der Waals surface area (Å²) in [5.74, 6) is 0.0658. The zero-order chi connectivity index (χ0) is 21.5. The number of amides is 1. The number of aromatic nitrogens is 3. The molecule has 0 unspecified atom stereocenters. The number of para-hydroxylation sites is 1. The number of benzene rings is 2. The number of hydrogen-bond donors (Lipinski definition) is 0. The van der Waals surface area contributed by atoms with E-state index < -0.39 is 0 Å². The molecule has 0 radical (unpaired) electrons. The average Bonchev–Trinajstić information content (AvgIpc) is 3.29. The van der Waals surface area contributed by atoms with Gasteiger partial charge in [-0.25, -0.2) is 4.68 Å². The van der Waals surface area contributed by atoms with Gasteiger partial charge in [0, 0.05) is 31.7 Å². The van der Waals surface area contributed by atoms with Crippen molar-refractivity contribution in [3.8, 4) is 5.69 Å². The summed E-state index contributed by atoms with van der Waals surface area (Å²) in [6, 6.07) is 22.3. The molecule has 2 heterocycles. The van der Waals surface area contributed by atoms with Crippen LogP contribution in [0.1, 0.15) is 29.2 Å². The van der Waals surface area contributed by atoms with Crippen molar-refractivity contribution in [2.75, 3.05) is 0 Å². The number of carbonyl (C=O) groups excluding carboxylic acids is 1. The van der Waals surface area contributed by atoms with Crippen molar-refractivity contribution in [1.29, 1.82) is 0 Å². The molecule has 0 aliphatic rings. The topological polar surface area (TPSA) is 51.0 Å². The first-order valence-corrected chi connectivity index (χ1v) is 10.5. The minimum absolute atomic E-state index is 0.0658. The zero-order valence-corrected chi connectivity index (χ0v) is 17.7. The van der Waals surface area contributed by atoms with Gasteiger partial charge in [0.1, 0.15) is 0 Å². The fourth-order valence-corrected chi connectivity index (χ4v) is 3.50. The van der Waals surface area contributed by atoms with E-state index in [9.17, 15) is 4.79 Å². The molecule has 0 spiro atoms. The number of hydrogen-bond acceptors (Lipinski definition) is 3. The fourth-order valence-electron chi connectivity index (χ4n) is 3.50. The maximum atomic E-state index is 13.3. The Morgan fingerprint density at radius 1 is 0.839 bits per heavy atom. The molecular weight excluding hydrogens is 384 g/mol. The molecule has 31 heavy (non-hydrogen) atoms. The molecule has 156 valence electrons. The van der Waals surface area contributed by atoms with Crippen LogP contribution in [-0.2, 0) is 30.7 Å². The van der Waals surface area contributed by atoms with Gasteiger partial charge in [-0.3, -0.25) is 9.78 Å². The lowest BCUT2D eigenvalue weighted by molar-refractivity contribution is -0.131. The second kappa shape index (κ2) is 9.85. The molecule has 2 aromatic heterocycles. The molecule has 0 aliphatic heterocycles. The third-order valence-electron chi connectivity index (χ3n) is 5.27. The van der Waals surface area contributed by atoms with Crippen molar-refractivity contribution < 1.29 is 4.79 Å². The van der Waals surface area contributed by atoms with Crippen molar-refractivity contribution in [3.63, 3.8) is 0 Å². The first kappa shape index (κ1) is 20.5. The highest BCUT2D eigenvalue weighted by Crippen LogP contribution is 2.14. The molecule has 0 saturated heterocycles. The van der Waals surface area contributed by atoms with Crippen LogP contribution in [0.4, 0.5) is 0 Å². The van der Waals surface area contributed by atoms with Gasteiger partial charge >= 0.3 is 0 Å². The zero-order valence-electron chi connectivity index (χ0n) is 17.7. The van der Waals surface area contributed by atoms with Crippen LogP contribution in [0.15, 0.2) is 91.5 Å². The van der Waals surface area contributed by atoms with Crippen LogP contribution in [0.25, 0.3) is 5.69 Å². The van der Waals surface area contributed by atoms with Crippen LogP contribution in [0.5, 0.6) is 0 Å². The minimum Gasteiger partial charge on any atom is -0.334 e. The summed E-state index contributed by atoms with van der Waals surface area (Å²) >= 11 is 0. The first-order valence-electron chi connectivity index (χ1n) is 10.5. The monoisotopic (exact) mass is 410 g/mol. The summed E-state index contributed by atoms with van der Waals surface area (Å²) in [6.45, 7) is 3.22. The van der Waals surface area contributed by atoms with E-state index in [1.807, 2.05) is 59.8 Å². The Morgan fingerprint density at radius 2 is 1.58 bits per heavy atom. The molecule has 0 fully saturated rings.